The van der Waals surface area contributed by atoms with Crippen LogP contribution in [-0.4, -0.2) is 14.7 Å². The van der Waals surface area contributed by atoms with Gasteiger partial charge in [-0.2, -0.15) is 0 Å². The van der Waals surface area contributed by atoms with Gasteiger partial charge in [0.15, 0.2) is 9.84 Å². The third-order valence-corrected chi connectivity index (χ3v) is 2.83. The molecule has 0 radical (unpaired) electrons. The van der Waals surface area contributed by atoms with E-state index in [9.17, 15) is 17.2 Å². The fourth-order valence-electron chi connectivity index (χ4n) is 1.01. The van der Waals surface area contributed by atoms with Gasteiger partial charge >= 0.3 is 0 Å². The predicted molar refractivity (Wildman–Crippen MR) is 47.4 cm³/mol. The first kappa shape index (κ1) is 11.1. The van der Waals surface area contributed by atoms with E-state index in [-0.39, 0.29) is 12.1 Å². The lowest BCUT2D eigenvalue weighted by molar-refractivity contribution is 0.548. The average Bonchev–Trinajstić information content (AvgIpc) is 2.06. The van der Waals surface area contributed by atoms with Crippen molar-refractivity contribution in [2.75, 3.05) is 6.26 Å². The van der Waals surface area contributed by atoms with Gasteiger partial charge in [0.2, 0.25) is 0 Å². The van der Waals surface area contributed by atoms with Crippen molar-refractivity contribution in [2.45, 2.75) is 11.4 Å². The molecule has 0 bridgehead atoms. The van der Waals surface area contributed by atoms with E-state index in [1.807, 2.05) is 0 Å². The van der Waals surface area contributed by atoms with Gasteiger partial charge in [-0.05, 0) is 12.1 Å². The quantitative estimate of drug-likeness (QED) is 0.804. The normalized spacial score (nSPS) is 11.7. The molecule has 0 saturated carbocycles. The van der Waals surface area contributed by atoms with Crippen LogP contribution in [0.25, 0.3) is 0 Å². The second-order valence-corrected chi connectivity index (χ2v) is 4.83. The largest absolute Gasteiger partial charge is 0.326 e. The Morgan fingerprint density at radius 1 is 1.29 bits per heavy atom. The number of benzene rings is 1. The highest BCUT2D eigenvalue weighted by Gasteiger charge is 2.16. The van der Waals surface area contributed by atoms with Crippen molar-refractivity contribution >= 4 is 9.84 Å². The number of sulfone groups is 1. The molecule has 0 unspecified atom stereocenters. The molecular formula is C8H9F2NO2S. The maximum Gasteiger partial charge on any atom is 0.178 e. The Hall–Kier alpha value is -1.01. The van der Waals surface area contributed by atoms with Crippen molar-refractivity contribution in [3.8, 4) is 0 Å². The van der Waals surface area contributed by atoms with Crippen molar-refractivity contribution in [2.24, 2.45) is 5.73 Å². The molecule has 0 aliphatic heterocycles. The van der Waals surface area contributed by atoms with Crippen LogP contribution < -0.4 is 5.73 Å². The molecule has 0 aliphatic rings. The molecule has 78 valence electrons. The summed E-state index contributed by atoms with van der Waals surface area (Å²) in [5.41, 5.74) is 5.08. The molecule has 2 N–H and O–H groups in total. The van der Waals surface area contributed by atoms with Crippen LogP contribution in [0.15, 0.2) is 17.0 Å². The standard InChI is InChI=1S/C8H9F2NO2S/c1-14(12,13)8-3-6(9)5(4-11)2-7(8)10/h2-3H,4,11H2,1H3. The molecule has 0 saturated heterocycles. The lowest BCUT2D eigenvalue weighted by Crippen LogP contribution is -2.06. The number of hydrogen-bond acceptors (Lipinski definition) is 3. The fraction of sp³-hybridized carbons (Fsp3) is 0.250. The monoisotopic (exact) mass is 221 g/mol. The van der Waals surface area contributed by atoms with Gasteiger partial charge in [0.25, 0.3) is 0 Å². The van der Waals surface area contributed by atoms with Crippen molar-refractivity contribution < 1.29 is 17.2 Å². The lowest BCUT2D eigenvalue weighted by Gasteiger charge is -2.04. The summed E-state index contributed by atoms with van der Waals surface area (Å²) < 4.78 is 48.1. The second-order valence-electron chi connectivity index (χ2n) is 2.85. The first-order chi connectivity index (χ1) is 6.36. The summed E-state index contributed by atoms with van der Waals surface area (Å²) in [6.45, 7) is -0.174. The summed E-state index contributed by atoms with van der Waals surface area (Å²) in [7, 11) is -3.74. The van der Waals surface area contributed by atoms with Crippen molar-refractivity contribution in [1.82, 2.24) is 0 Å². The lowest BCUT2D eigenvalue weighted by atomic mass is 10.2. The molecule has 0 heterocycles. The smallest absolute Gasteiger partial charge is 0.178 e. The van der Waals surface area contributed by atoms with Crippen LogP contribution in [0, 0.1) is 11.6 Å². The zero-order chi connectivity index (χ0) is 10.9. The fourth-order valence-corrected chi connectivity index (χ4v) is 1.74. The Morgan fingerprint density at radius 3 is 2.29 bits per heavy atom. The van der Waals surface area contributed by atoms with Crippen LogP contribution in [0.5, 0.6) is 0 Å². The van der Waals surface area contributed by atoms with E-state index in [2.05, 4.69) is 0 Å². The van der Waals surface area contributed by atoms with E-state index in [1.165, 1.54) is 0 Å². The van der Waals surface area contributed by atoms with Crippen molar-refractivity contribution in [1.29, 1.82) is 0 Å². The molecule has 0 fully saturated rings. The second kappa shape index (κ2) is 3.62. The third kappa shape index (κ3) is 2.08. The van der Waals surface area contributed by atoms with Crippen LogP contribution >= 0.6 is 0 Å². The Bertz CT molecular complexity index is 457. The average molecular weight is 221 g/mol. The topological polar surface area (TPSA) is 60.2 Å². The molecule has 0 spiro atoms. The predicted octanol–water partition coefficient (Wildman–Crippen LogP) is 0.827. The van der Waals surface area contributed by atoms with E-state index in [0.29, 0.717) is 6.07 Å². The third-order valence-electron chi connectivity index (χ3n) is 1.72. The minimum Gasteiger partial charge on any atom is -0.326 e. The molecule has 14 heavy (non-hydrogen) atoms. The van der Waals surface area contributed by atoms with E-state index < -0.39 is 26.4 Å². The van der Waals surface area contributed by atoms with Gasteiger partial charge < -0.3 is 5.73 Å². The van der Waals surface area contributed by atoms with E-state index in [1.54, 1.807) is 0 Å². The Morgan fingerprint density at radius 2 is 1.86 bits per heavy atom. The summed E-state index contributed by atoms with van der Waals surface area (Å²) in [4.78, 5) is -0.646. The van der Waals surface area contributed by atoms with Gasteiger partial charge in [0.1, 0.15) is 16.5 Å². The minimum absolute atomic E-state index is 0.0464. The van der Waals surface area contributed by atoms with Crippen LogP contribution in [0.4, 0.5) is 8.78 Å². The van der Waals surface area contributed by atoms with Crippen LogP contribution in [0.2, 0.25) is 0 Å². The summed E-state index contributed by atoms with van der Waals surface area (Å²) in [6, 6.07) is 1.44. The Balaban J connectivity index is 3.44. The summed E-state index contributed by atoms with van der Waals surface area (Å²) in [5, 5.41) is 0. The molecule has 1 aromatic rings. The summed E-state index contributed by atoms with van der Waals surface area (Å²) >= 11 is 0. The van der Waals surface area contributed by atoms with Gasteiger partial charge in [-0.15, -0.1) is 0 Å². The minimum atomic E-state index is -3.74. The molecule has 0 aromatic heterocycles. The maximum atomic E-state index is 13.1. The number of hydrogen-bond donors (Lipinski definition) is 1. The first-order valence-corrected chi connectivity index (χ1v) is 5.63. The summed E-state index contributed by atoms with van der Waals surface area (Å²) in [6.07, 6.45) is 0.812. The molecule has 0 atom stereocenters. The highest BCUT2D eigenvalue weighted by Crippen LogP contribution is 2.18. The van der Waals surface area contributed by atoms with Crippen molar-refractivity contribution in [3.05, 3.63) is 29.3 Å². The highest BCUT2D eigenvalue weighted by molar-refractivity contribution is 7.90. The number of rotatable bonds is 2. The van der Waals surface area contributed by atoms with Gasteiger partial charge in [-0.1, -0.05) is 0 Å². The number of nitrogens with two attached hydrogens (primary N) is 1. The molecule has 0 amide bonds. The van der Waals surface area contributed by atoms with Gasteiger partial charge in [-0.3, -0.25) is 0 Å². The van der Waals surface area contributed by atoms with Crippen LogP contribution in [-0.2, 0) is 16.4 Å². The molecule has 6 heteroatoms. The molecule has 3 nitrogen and oxygen atoms in total. The summed E-state index contributed by atoms with van der Waals surface area (Å²) in [5.74, 6) is -1.79. The van der Waals surface area contributed by atoms with E-state index in [0.717, 1.165) is 12.3 Å². The molecule has 1 rings (SSSR count). The van der Waals surface area contributed by atoms with E-state index in [4.69, 9.17) is 5.73 Å². The Labute approximate surface area is 80.5 Å². The van der Waals surface area contributed by atoms with Crippen LogP contribution in [0.3, 0.4) is 0 Å². The van der Waals surface area contributed by atoms with Crippen LogP contribution in [0.1, 0.15) is 5.56 Å². The molecule has 0 aliphatic carbocycles. The SMILES string of the molecule is CS(=O)(=O)c1cc(F)c(CN)cc1F. The zero-order valence-electron chi connectivity index (χ0n) is 7.42. The van der Waals surface area contributed by atoms with Crippen molar-refractivity contribution in [3.63, 3.8) is 0 Å². The number of halogens is 2. The first-order valence-electron chi connectivity index (χ1n) is 3.74. The molecule has 1 aromatic carbocycles. The Kier molecular flexibility index (Phi) is 2.86. The zero-order valence-corrected chi connectivity index (χ0v) is 8.24. The van der Waals surface area contributed by atoms with Gasteiger partial charge in [0, 0.05) is 18.4 Å². The highest BCUT2D eigenvalue weighted by atomic mass is 32.2. The van der Waals surface area contributed by atoms with Gasteiger partial charge in [0.05, 0.1) is 0 Å². The maximum absolute atomic E-state index is 13.1. The van der Waals surface area contributed by atoms with E-state index >= 15 is 0 Å². The van der Waals surface area contributed by atoms with Gasteiger partial charge in [-0.25, -0.2) is 17.2 Å². The molecular weight excluding hydrogens is 212 g/mol.